The molecule has 0 bridgehead atoms. The summed E-state index contributed by atoms with van der Waals surface area (Å²) >= 11 is 4.02. The monoisotopic (exact) mass is 296 g/mol. The van der Waals surface area contributed by atoms with Gasteiger partial charge < -0.3 is 4.90 Å². The number of amides is 1. The predicted molar refractivity (Wildman–Crippen MR) is 80.8 cm³/mol. The van der Waals surface area contributed by atoms with E-state index in [0.29, 0.717) is 11.5 Å². The number of piperazine rings is 1. The average Bonchev–Trinajstić information content (AvgIpc) is 2.41. The molecule has 0 spiro atoms. The van der Waals surface area contributed by atoms with Crippen LogP contribution in [0.5, 0.6) is 0 Å². The van der Waals surface area contributed by atoms with Crippen molar-refractivity contribution in [1.29, 1.82) is 0 Å². The minimum atomic E-state index is -0.397. The first-order valence-electron chi connectivity index (χ1n) is 6.97. The topological polar surface area (TPSA) is 23.6 Å². The van der Waals surface area contributed by atoms with Gasteiger partial charge in [-0.3, -0.25) is 9.69 Å². The van der Waals surface area contributed by atoms with E-state index in [1.807, 2.05) is 4.90 Å². The number of carbonyl (C=O) groups excluding carboxylic acids is 1. The minimum absolute atomic E-state index is 0.0375. The molecule has 1 heterocycles. The van der Waals surface area contributed by atoms with Gasteiger partial charge in [0.1, 0.15) is 5.82 Å². The van der Waals surface area contributed by atoms with Gasteiger partial charge in [-0.2, -0.15) is 0 Å². The Hall–Kier alpha value is -1.07. The summed E-state index contributed by atoms with van der Waals surface area (Å²) in [5.41, 5.74) is 0.508. The normalized spacial score (nSPS) is 16.8. The lowest BCUT2D eigenvalue weighted by Crippen LogP contribution is -2.49. The fourth-order valence-electron chi connectivity index (χ4n) is 2.48. The van der Waals surface area contributed by atoms with Crippen LogP contribution in [0.3, 0.4) is 0 Å². The first-order valence-corrected chi connectivity index (χ1v) is 7.42. The van der Waals surface area contributed by atoms with Gasteiger partial charge in [-0.15, -0.1) is 12.6 Å². The minimum Gasteiger partial charge on any atom is -0.336 e. The molecule has 110 valence electrons. The van der Waals surface area contributed by atoms with Crippen LogP contribution in [0.25, 0.3) is 0 Å². The molecule has 3 nitrogen and oxygen atoms in total. The molecule has 1 aromatic rings. The van der Waals surface area contributed by atoms with Gasteiger partial charge in [0.05, 0.1) is 0 Å². The summed E-state index contributed by atoms with van der Waals surface area (Å²) < 4.78 is 13.2. The smallest absolute Gasteiger partial charge is 0.253 e. The molecule has 1 aliphatic rings. The molecule has 1 aliphatic heterocycles. The average molecular weight is 296 g/mol. The lowest BCUT2D eigenvalue weighted by molar-refractivity contribution is 0.0623. The van der Waals surface area contributed by atoms with E-state index in [1.165, 1.54) is 18.2 Å². The maximum atomic E-state index is 13.2. The zero-order valence-electron chi connectivity index (χ0n) is 12.0. The molecular weight excluding hydrogens is 275 g/mol. The van der Waals surface area contributed by atoms with Crippen molar-refractivity contribution < 1.29 is 9.18 Å². The molecule has 0 radical (unpaired) electrons. The Morgan fingerprint density at radius 3 is 2.50 bits per heavy atom. The zero-order chi connectivity index (χ0) is 14.7. The van der Waals surface area contributed by atoms with Crippen LogP contribution in [-0.4, -0.2) is 48.4 Å². The second-order valence-electron chi connectivity index (χ2n) is 5.65. The molecule has 0 aromatic heterocycles. The Labute approximate surface area is 125 Å². The number of nitrogens with zero attached hydrogens (tertiary/aromatic N) is 2. The fourth-order valence-corrected chi connectivity index (χ4v) is 2.69. The highest BCUT2D eigenvalue weighted by Gasteiger charge is 2.22. The summed E-state index contributed by atoms with van der Waals surface area (Å²) in [7, 11) is 0. The van der Waals surface area contributed by atoms with E-state index in [9.17, 15) is 9.18 Å². The third kappa shape index (κ3) is 3.73. The van der Waals surface area contributed by atoms with Crippen molar-refractivity contribution in [2.75, 3.05) is 32.7 Å². The van der Waals surface area contributed by atoms with Crippen LogP contribution < -0.4 is 0 Å². The third-order valence-corrected chi connectivity index (χ3v) is 3.82. The molecule has 2 rings (SSSR count). The molecule has 5 heteroatoms. The third-order valence-electron chi connectivity index (χ3n) is 3.48. The molecule has 1 amide bonds. The predicted octanol–water partition coefficient (Wildman–Crippen LogP) is 2.53. The van der Waals surface area contributed by atoms with Crippen LogP contribution in [0.15, 0.2) is 23.1 Å². The first kappa shape index (κ1) is 15.3. The van der Waals surface area contributed by atoms with Gasteiger partial charge in [-0.25, -0.2) is 4.39 Å². The van der Waals surface area contributed by atoms with E-state index >= 15 is 0 Å². The Kier molecular flexibility index (Phi) is 5.05. The maximum Gasteiger partial charge on any atom is 0.253 e. The number of hydrogen-bond acceptors (Lipinski definition) is 3. The van der Waals surface area contributed by atoms with E-state index in [4.69, 9.17) is 0 Å². The van der Waals surface area contributed by atoms with Gasteiger partial charge in [0.25, 0.3) is 5.91 Å². The van der Waals surface area contributed by atoms with Crippen LogP contribution in [-0.2, 0) is 0 Å². The fraction of sp³-hybridized carbons (Fsp3) is 0.533. The van der Waals surface area contributed by atoms with Crippen molar-refractivity contribution in [3.63, 3.8) is 0 Å². The lowest BCUT2D eigenvalue weighted by Gasteiger charge is -2.35. The SMILES string of the molecule is CC(C)CN1CCN(C(=O)c2ccc(F)c(S)c2)CC1. The summed E-state index contributed by atoms with van der Waals surface area (Å²) in [4.78, 5) is 16.8. The lowest BCUT2D eigenvalue weighted by atomic mass is 10.1. The quantitative estimate of drug-likeness (QED) is 0.867. The van der Waals surface area contributed by atoms with Crippen molar-refractivity contribution >= 4 is 18.5 Å². The second-order valence-corrected chi connectivity index (χ2v) is 6.13. The standard InChI is InChI=1S/C15H21FN2OS/c1-11(2)10-17-5-7-18(8-6-17)15(19)12-3-4-13(16)14(20)9-12/h3-4,9,11,20H,5-8,10H2,1-2H3. The molecule has 0 atom stereocenters. The van der Waals surface area contributed by atoms with Crippen molar-refractivity contribution in [1.82, 2.24) is 9.80 Å². The molecule has 0 unspecified atom stereocenters. The van der Waals surface area contributed by atoms with Gasteiger partial charge in [0.15, 0.2) is 0 Å². The number of halogens is 1. The summed E-state index contributed by atoms with van der Waals surface area (Å²) in [5, 5.41) is 0. The highest BCUT2D eigenvalue weighted by Crippen LogP contribution is 2.16. The van der Waals surface area contributed by atoms with Crippen molar-refractivity contribution in [3.8, 4) is 0 Å². The molecule has 0 aliphatic carbocycles. The molecule has 20 heavy (non-hydrogen) atoms. The number of carbonyl (C=O) groups is 1. The maximum absolute atomic E-state index is 13.2. The Bertz CT molecular complexity index is 485. The highest BCUT2D eigenvalue weighted by molar-refractivity contribution is 7.80. The van der Waals surface area contributed by atoms with Crippen LogP contribution in [0, 0.1) is 11.7 Å². The van der Waals surface area contributed by atoms with Crippen LogP contribution >= 0.6 is 12.6 Å². The summed E-state index contributed by atoms with van der Waals surface area (Å²) in [6, 6.07) is 4.32. The molecule has 1 fully saturated rings. The molecule has 1 aromatic carbocycles. The van der Waals surface area contributed by atoms with E-state index in [-0.39, 0.29) is 10.8 Å². The zero-order valence-corrected chi connectivity index (χ0v) is 12.9. The molecular formula is C15H21FN2OS. The first-order chi connectivity index (χ1) is 9.47. The largest absolute Gasteiger partial charge is 0.336 e. The van der Waals surface area contributed by atoms with Gasteiger partial charge in [0.2, 0.25) is 0 Å². The number of hydrogen-bond donors (Lipinski definition) is 1. The van der Waals surface area contributed by atoms with Gasteiger partial charge in [-0.05, 0) is 24.1 Å². The van der Waals surface area contributed by atoms with Crippen LogP contribution in [0.2, 0.25) is 0 Å². The molecule has 0 saturated carbocycles. The van der Waals surface area contributed by atoms with E-state index < -0.39 is 5.82 Å². The van der Waals surface area contributed by atoms with Crippen molar-refractivity contribution in [2.24, 2.45) is 5.92 Å². The molecule has 1 saturated heterocycles. The molecule has 0 N–H and O–H groups in total. The van der Waals surface area contributed by atoms with E-state index in [0.717, 1.165) is 32.7 Å². The Balaban J connectivity index is 1.96. The van der Waals surface area contributed by atoms with Gasteiger partial charge in [0, 0.05) is 43.2 Å². The summed E-state index contributed by atoms with van der Waals surface area (Å²) in [6.45, 7) is 8.72. The highest BCUT2D eigenvalue weighted by atomic mass is 32.1. The van der Waals surface area contributed by atoms with Crippen molar-refractivity contribution in [2.45, 2.75) is 18.7 Å². The summed E-state index contributed by atoms with van der Waals surface area (Å²) in [5.74, 6) is 0.206. The second kappa shape index (κ2) is 6.59. The van der Waals surface area contributed by atoms with Gasteiger partial charge >= 0.3 is 0 Å². The summed E-state index contributed by atoms with van der Waals surface area (Å²) in [6.07, 6.45) is 0. The Morgan fingerprint density at radius 2 is 1.95 bits per heavy atom. The van der Waals surface area contributed by atoms with E-state index in [2.05, 4.69) is 31.4 Å². The Morgan fingerprint density at radius 1 is 1.30 bits per heavy atom. The van der Waals surface area contributed by atoms with Crippen molar-refractivity contribution in [3.05, 3.63) is 29.6 Å². The van der Waals surface area contributed by atoms with Crippen LogP contribution in [0.4, 0.5) is 4.39 Å². The van der Waals surface area contributed by atoms with Crippen LogP contribution in [0.1, 0.15) is 24.2 Å². The van der Waals surface area contributed by atoms with Gasteiger partial charge in [-0.1, -0.05) is 13.8 Å². The number of benzene rings is 1. The number of rotatable bonds is 3. The van der Waals surface area contributed by atoms with E-state index in [1.54, 1.807) is 0 Å². The number of thiol groups is 1.